The van der Waals surface area contributed by atoms with Crippen LogP contribution < -0.4 is 11.1 Å². The van der Waals surface area contributed by atoms with E-state index in [1.54, 1.807) is 24.3 Å². The molecule has 1 aliphatic carbocycles. The first-order chi connectivity index (χ1) is 10.00. The molecule has 2 rings (SSSR count). The summed E-state index contributed by atoms with van der Waals surface area (Å²) in [6.45, 7) is 0. The van der Waals surface area contributed by atoms with Gasteiger partial charge in [-0.3, -0.25) is 10.1 Å². The van der Waals surface area contributed by atoms with Crippen molar-refractivity contribution >= 4 is 5.69 Å². The Labute approximate surface area is 120 Å². The lowest BCUT2D eigenvalue weighted by atomic mass is 9.87. The Bertz CT molecular complexity index is 726. The smallest absolute Gasteiger partial charge is 0.268 e. The first-order valence-electron chi connectivity index (χ1n) is 6.01. The number of nitro groups is 1. The topological polar surface area (TPSA) is 129 Å². The van der Waals surface area contributed by atoms with E-state index < -0.39 is 16.5 Å². The van der Waals surface area contributed by atoms with Crippen LogP contribution in [0.5, 0.6) is 0 Å². The maximum absolute atomic E-state index is 10.8. The fraction of sp³-hybridized carbons (Fsp3) is 0.143. The Hall–Kier alpha value is -3.16. The Morgan fingerprint density at radius 3 is 2.71 bits per heavy atom. The van der Waals surface area contributed by atoms with E-state index in [-0.39, 0.29) is 5.70 Å². The van der Waals surface area contributed by atoms with Gasteiger partial charge in [0.2, 0.25) is 0 Å². The highest BCUT2D eigenvalue weighted by molar-refractivity contribution is 5.60. The third-order valence-corrected chi connectivity index (χ3v) is 3.12. The Morgan fingerprint density at radius 2 is 2.10 bits per heavy atom. The van der Waals surface area contributed by atoms with Crippen molar-refractivity contribution in [2.24, 2.45) is 5.73 Å². The Balaban J connectivity index is 2.34. The van der Waals surface area contributed by atoms with Gasteiger partial charge in [0, 0.05) is 12.2 Å². The molecule has 0 spiro atoms. The molecule has 21 heavy (non-hydrogen) atoms. The minimum Gasteiger partial charge on any atom is -0.374 e. The summed E-state index contributed by atoms with van der Waals surface area (Å²) in [5.41, 5.74) is 5.04. The minimum absolute atomic E-state index is 0.231. The molecule has 0 fully saturated rings. The summed E-state index contributed by atoms with van der Waals surface area (Å²) in [4.78, 5) is 10.2. The van der Waals surface area contributed by atoms with Crippen LogP contribution in [0.1, 0.15) is 5.56 Å². The van der Waals surface area contributed by atoms with Crippen molar-refractivity contribution < 1.29 is 4.92 Å². The summed E-state index contributed by atoms with van der Waals surface area (Å²) < 4.78 is 0. The normalized spacial score (nSPS) is 23.6. The lowest BCUT2D eigenvalue weighted by molar-refractivity contribution is -0.419. The number of para-hydroxylation sites is 1. The molecule has 0 bridgehead atoms. The predicted octanol–water partition coefficient (Wildman–Crippen LogP) is 1.29. The summed E-state index contributed by atoms with van der Waals surface area (Å²) in [6, 6.07) is 9.97. The van der Waals surface area contributed by atoms with Crippen LogP contribution in [0.15, 0.2) is 48.2 Å². The molecule has 0 aliphatic heterocycles. The van der Waals surface area contributed by atoms with Crippen LogP contribution in [-0.2, 0) is 0 Å². The number of hydrogen-bond acceptors (Lipinski definition) is 6. The molecule has 0 saturated carbocycles. The van der Waals surface area contributed by atoms with E-state index in [1.165, 1.54) is 12.2 Å². The van der Waals surface area contributed by atoms with E-state index in [1.807, 2.05) is 12.1 Å². The zero-order valence-electron chi connectivity index (χ0n) is 10.9. The van der Waals surface area contributed by atoms with E-state index in [0.29, 0.717) is 11.3 Å². The molecule has 3 N–H and O–H groups in total. The van der Waals surface area contributed by atoms with Gasteiger partial charge in [0.1, 0.15) is 6.07 Å². The van der Waals surface area contributed by atoms with Crippen molar-refractivity contribution in [2.75, 3.05) is 5.32 Å². The van der Waals surface area contributed by atoms with Gasteiger partial charge in [0.15, 0.2) is 5.54 Å². The first kappa shape index (κ1) is 14.3. The maximum atomic E-state index is 10.8. The molecular weight excluding hydrogens is 270 g/mol. The molecule has 0 radical (unpaired) electrons. The standard InChI is InChI=1S/C14H11N5O2/c15-8-10-3-1-2-4-12(10)18-13-6-5-11(19(20)21)7-14(13,17)9-16/h1-7,13,18H,17H2. The summed E-state index contributed by atoms with van der Waals surface area (Å²) in [5.74, 6) is 0. The van der Waals surface area contributed by atoms with Crippen LogP contribution in [0, 0.1) is 32.8 Å². The largest absolute Gasteiger partial charge is 0.374 e. The third-order valence-electron chi connectivity index (χ3n) is 3.12. The van der Waals surface area contributed by atoms with E-state index in [9.17, 15) is 15.4 Å². The second-order valence-corrected chi connectivity index (χ2v) is 4.51. The molecule has 0 amide bonds. The average Bonchev–Trinajstić information content (AvgIpc) is 2.49. The predicted molar refractivity (Wildman–Crippen MR) is 75.3 cm³/mol. The van der Waals surface area contributed by atoms with Crippen LogP contribution in [0.2, 0.25) is 0 Å². The second kappa shape index (κ2) is 5.45. The van der Waals surface area contributed by atoms with E-state index in [0.717, 1.165) is 6.08 Å². The number of nitrogens with one attached hydrogen (secondary N) is 1. The van der Waals surface area contributed by atoms with Crippen molar-refractivity contribution in [2.45, 2.75) is 11.6 Å². The Morgan fingerprint density at radius 1 is 1.38 bits per heavy atom. The van der Waals surface area contributed by atoms with Gasteiger partial charge in [-0.2, -0.15) is 10.5 Å². The van der Waals surface area contributed by atoms with Crippen LogP contribution in [-0.4, -0.2) is 16.5 Å². The number of benzene rings is 1. The molecule has 2 atom stereocenters. The van der Waals surface area contributed by atoms with E-state index >= 15 is 0 Å². The third kappa shape index (κ3) is 2.73. The molecule has 104 valence electrons. The zero-order chi connectivity index (χ0) is 15.5. The fourth-order valence-electron chi connectivity index (χ4n) is 1.99. The average molecular weight is 281 g/mol. The number of nitriles is 2. The number of allylic oxidation sites excluding steroid dienone is 1. The maximum Gasteiger partial charge on any atom is 0.268 e. The van der Waals surface area contributed by atoms with Gasteiger partial charge >= 0.3 is 0 Å². The number of nitrogens with two attached hydrogens (primary N) is 1. The quantitative estimate of drug-likeness (QED) is 0.634. The summed E-state index contributed by atoms with van der Waals surface area (Å²) in [7, 11) is 0. The number of nitrogens with zero attached hydrogens (tertiary/aromatic N) is 3. The van der Waals surface area contributed by atoms with Crippen LogP contribution in [0.25, 0.3) is 0 Å². The molecule has 1 aliphatic rings. The number of anilines is 1. The molecule has 1 aromatic carbocycles. The van der Waals surface area contributed by atoms with E-state index in [4.69, 9.17) is 11.0 Å². The lowest BCUT2D eigenvalue weighted by Crippen LogP contribution is -2.52. The van der Waals surface area contributed by atoms with Gasteiger partial charge in [-0.25, -0.2) is 0 Å². The van der Waals surface area contributed by atoms with Crippen LogP contribution in [0.4, 0.5) is 5.69 Å². The van der Waals surface area contributed by atoms with Gasteiger partial charge in [0.05, 0.1) is 28.3 Å². The monoisotopic (exact) mass is 281 g/mol. The number of hydrogen-bond donors (Lipinski definition) is 2. The fourth-order valence-corrected chi connectivity index (χ4v) is 1.99. The van der Waals surface area contributed by atoms with Gasteiger partial charge in [-0.15, -0.1) is 0 Å². The first-order valence-corrected chi connectivity index (χ1v) is 6.01. The van der Waals surface area contributed by atoms with Crippen molar-refractivity contribution in [1.82, 2.24) is 0 Å². The molecule has 1 aromatic rings. The highest BCUT2D eigenvalue weighted by atomic mass is 16.6. The highest BCUT2D eigenvalue weighted by Crippen LogP contribution is 2.24. The SMILES string of the molecule is N#Cc1ccccc1NC1C=CC([N+](=O)[O-])=CC1(N)C#N. The van der Waals surface area contributed by atoms with Gasteiger partial charge < -0.3 is 11.1 Å². The molecule has 0 aromatic heterocycles. The van der Waals surface area contributed by atoms with Gasteiger partial charge in [0.25, 0.3) is 5.70 Å². The molecular formula is C14H11N5O2. The molecule has 0 saturated heterocycles. The van der Waals surface area contributed by atoms with Crippen molar-refractivity contribution in [3.05, 3.63) is 63.9 Å². The zero-order valence-corrected chi connectivity index (χ0v) is 10.9. The van der Waals surface area contributed by atoms with Crippen molar-refractivity contribution in [3.8, 4) is 12.1 Å². The highest BCUT2D eigenvalue weighted by Gasteiger charge is 2.37. The summed E-state index contributed by atoms with van der Waals surface area (Å²) in [5, 5.41) is 32.0. The lowest BCUT2D eigenvalue weighted by Gasteiger charge is -2.29. The van der Waals surface area contributed by atoms with E-state index in [2.05, 4.69) is 5.32 Å². The summed E-state index contributed by atoms with van der Waals surface area (Å²) in [6.07, 6.45) is 3.85. The second-order valence-electron chi connectivity index (χ2n) is 4.51. The van der Waals surface area contributed by atoms with Crippen molar-refractivity contribution in [1.29, 1.82) is 10.5 Å². The Kier molecular flexibility index (Phi) is 3.70. The van der Waals surface area contributed by atoms with Gasteiger partial charge in [-0.1, -0.05) is 18.2 Å². The minimum atomic E-state index is -1.57. The molecule has 7 heteroatoms. The van der Waals surface area contributed by atoms with Crippen LogP contribution in [0.3, 0.4) is 0 Å². The molecule has 7 nitrogen and oxygen atoms in total. The van der Waals surface area contributed by atoms with Crippen LogP contribution >= 0.6 is 0 Å². The van der Waals surface area contributed by atoms with Gasteiger partial charge in [-0.05, 0) is 12.1 Å². The summed E-state index contributed by atoms with van der Waals surface area (Å²) >= 11 is 0. The number of rotatable bonds is 3. The molecule has 0 heterocycles. The molecule has 2 unspecified atom stereocenters. The van der Waals surface area contributed by atoms with Crippen molar-refractivity contribution in [3.63, 3.8) is 0 Å².